The molecule has 0 bridgehead atoms. The van der Waals surface area contributed by atoms with E-state index in [2.05, 4.69) is 15.6 Å². The summed E-state index contributed by atoms with van der Waals surface area (Å²) in [6.45, 7) is 3.56. The highest BCUT2D eigenvalue weighted by Crippen LogP contribution is 2.17. The first-order valence-corrected chi connectivity index (χ1v) is 6.67. The van der Waals surface area contributed by atoms with Gasteiger partial charge in [-0.2, -0.15) is 0 Å². The van der Waals surface area contributed by atoms with Crippen LogP contribution < -0.4 is 16.4 Å². The molecule has 0 radical (unpaired) electrons. The topological polar surface area (TPSA) is 134 Å². The molecule has 1 heterocycles. The number of aliphatic carboxylic acids is 1. The molecule has 0 fully saturated rings. The monoisotopic (exact) mass is 300 g/mol. The van der Waals surface area contributed by atoms with Crippen molar-refractivity contribution >= 4 is 29.2 Å². The molecule has 20 heavy (non-hydrogen) atoms. The Kier molecular flexibility index (Phi) is 5.44. The molecule has 110 valence electrons. The fourth-order valence-corrected chi connectivity index (χ4v) is 2.23. The molecule has 0 spiro atoms. The van der Waals surface area contributed by atoms with E-state index in [4.69, 9.17) is 10.8 Å². The highest BCUT2D eigenvalue weighted by Gasteiger charge is 2.23. The molecule has 3 amide bonds. The quantitative estimate of drug-likeness (QED) is 0.592. The molecule has 1 aromatic heterocycles. The minimum absolute atomic E-state index is 0.364. The first-order chi connectivity index (χ1) is 9.29. The molecule has 0 aromatic carbocycles. The van der Waals surface area contributed by atoms with Crippen molar-refractivity contribution in [1.82, 2.24) is 15.6 Å². The van der Waals surface area contributed by atoms with Crippen LogP contribution in [0.15, 0.2) is 5.38 Å². The van der Waals surface area contributed by atoms with Crippen molar-refractivity contribution in [3.8, 4) is 0 Å². The number of carboxylic acids is 1. The molecular formula is C11H16N4O4S. The minimum Gasteiger partial charge on any atom is -0.480 e. The van der Waals surface area contributed by atoms with Crippen LogP contribution in [0.25, 0.3) is 0 Å². The second-order valence-electron chi connectivity index (χ2n) is 4.23. The van der Waals surface area contributed by atoms with E-state index in [1.807, 2.05) is 12.3 Å². The average Bonchev–Trinajstić information content (AvgIpc) is 2.74. The third kappa shape index (κ3) is 4.84. The zero-order valence-corrected chi connectivity index (χ0v) is 11.9. The van der Waals surface area contributed by atoms with E-state index in [0.29, 0.717) is 5.01 Å². The summed E-state index contributed by atoms with van der Waals surface area (Å²) in [6.07, 6.45) is -0.465. The molecule has 2 atom stereocenters. The number of rotatable bonds is 6. The second kappa shape index (κ2) is 6.85. The Bertz CT molecular complexity index is 516. The number of hydrogen-bond donors (Lipinski definition) is 4. The van der Waals surface area contributed by atoms with E-state index >= 15 is 0 Å². The Balaban J connectivity index is 2.57. The Morgan fingerprint density at radius 3 is 2.55 bits per heavy atom. The first-order valence-electron chi connectivity index (χ1n) is 5.79. The van der Waals surface area contributed by atoms with Gasteiger partial charge in [0.1, 0.15) is 11.0 Å². The number of aryl methyl sites for hydroxylation is 1. The molecule has 0 aliphatic rings. The maximum Gasteiger partial charge on any atom is 0.326 e. The van der Waals surface area contributed by atoms with Crippen molar-refractivity contribution in [3.05, 3.63) is 16.1 Å². The molecule has 0 saturated carbocycles. The van der Waals surface area contributed by atoms with Crippen LogP contribution in [0.1, 0.15) is 30.1 Å². The zero-order valence-electron chi connectivity index (χ0n) is 11.0. The largest absolute Gasteiger partial charge is 0.480 e. The Morgan fingerprint density at radius 2 is 2.10 bits per heavy atom. The van der Waals surface area contributed by atoms with Crippen molar-refractivity contribution in [2.75, 3.05) is 0 Å². The Labute approximate surface area is 119 Å². The van der Waals surface area contributed by atoms with Crippen LogP contribution >= 0.6 is 11.3 Å². The molecular weight excluding hydrogens is 284 g/mol. The Morgan fingerprint density at radius 1 is 1.45 bits per heavy atom. The van der Waals surface area contributed by atoms with Crippen LogP contribution in [0, 0.1) is 6.92 Å². The lowest BCUT2D eigenvalue weighted by Gasteiger charge is -2.16. The van der Waals surface area contributed by atoms with Gasteiger partial charge in [-0.1, -0.05) is 0 Å². The van der Waals surface area contributed by atoms with E-state index in [1.165, 1.54) is 11.3 Å². The summed E-state index contributed by atoms with van der Waals surface area (Å²) in [4.78, 5) is 37.5. The van der Waals surface area contributed by atoms with E-state index < -0.39 is 30.4 Å². The van der Waals surface area contributed by atoms with Gasteiger partial charge < -0.3 is 21.5 Å². The number of nitrogens with two attached hydrogens (primary N) is 1. The van der Waals surface area contributed by atoms with Gasteiger partial charge in [0.15, 0.2) is 0 Å². The molecule has 0 saturated heterocycles. The van der Waals surface area contributed by atoms with Crippen molar-refractivity contribution in [1.29, 1.82) is 0 Å². The predicted octanol–water partition coefficient (Wildman–Crippen LogP) is 0.140. The number of nitrogens with zero attached hydrogens (tertiary/aromatic N) is 1. The number of amides is 3. The molecule has 0 aliphatic heterocycles. The summed E-state index contributed by atoms with van der Waals surface area (Å²) in [7, 11) is 0. The lowest BCUT2D eigenvalue weighted by atomic mass is 10.2. The van der Waals surface area contributed by atoms with E-state index in [9.17, 15) is 14.4 Å². The smallest absolute Gasteiger partial charge is 0.326 e. The molecule has 1 aromatic rings. The zero-order chi connectivity index (χ0) is 15.3. The number of carbonyl (C=O) groups is 3. The predicted molar refractivity (Wildman–Crippen MR) is 72.2 cm³/mol. The van der Waals surface area contributed by atoms with Crippen LogP contribution in [-0.2, 0) is 9.59 Å². The number of thiazole rings is 1. The maximum atomic E-state index is 11.7. The van der Waals surface area contributed by atoms with Gasteiger partial charge in [0, 0.05) is 11.1 Å². The second-order valence-corrected chi connectivity index (χ2v) is 5.12. The van der Waals surface area contributed by atoms with Crippen molar-refractivity contribution in [3.63, 3.8) is 0 Å². The van der Waals surface area contributed by atoms with E-state index in [1.54, 1.807) is 6.92 Å². The van der Waals surface area contributed by atoms with Gasteiger partial charge in [-0.25, -0.2) is 14.6 Å². The summed E-state index contributed by atoms with van der Waals surface area (Å²) < 4.78 is 0. The summed E-state index contributed by atoms with van der Waals surface area (Å²) in [5, 5.41) is 16.2. The molecule has 8 nitrogen and oxygen atoms in total. The number of nitrogens with one attached hydrogen (secondary N) is 2. The number of carbonyl (C=O) groups excluding carboxylic acids is 2. The van der Waals surface area contributed by atoms with Crippen LogP contribution in [0.5, 0.6) is 0 Å². The molecule has 9 heteroatoms. The number of hydrogen-bond acceptors (Lipinski definition) is 5. The van der Waals surface area contributed by atoms with Gasteiger partial charge in [-0.3, -0.25) is 4.79 Å². The minimum atomic E-state index is -1.35. The van der Waals surface area contributed by atoms with Gasteiger partial charge in [-0.05, 0) is 13.8 Å². The van der Waals surface area contributed by atoms with Gasteiger partial charge in [0.25, 0.3) is 0 Å². The van der Waals surface area contributed by atoms with Crippen molar-refractivity contribution in [2.24, 2.45) is 5.73 Å². The standard InChI is InChI=1S/C11H16N4O4S/c1-5-4-20-9(13-5)6(2)14-11(19)15-7(10(17)18)3-8(12)16/h4,6-7H,3H2,1-2H3,(H2,12,16)(H,17,18)(H2,14,15,19). The average molecular weight is 300 g/mol. The van der Waals surface area contributed by atoms with Crippen LogP contribution in [0.3, 0.4) is 0 Å². The van der Waals surface area contributed by atoms with Gasteiger partial charge in [0.2, 0.25) is 5.91 Å². The maximum absolute atomic E-state index is 11.7. The van der Waals surface area contributed by atoms with Crippen molar-refractivity contribution < 1.29 is 19.5 Å². The summed E-state index contributed by atoms with van der Waals surface area (Å²) in [6, 6.07) is -2.41. The fourth-order valence-electron chi connectivity index (χ4n) is 1.43. The highest BCUT2D eigenvalue weighted by atomic mass is 32.1. The fraction of sp³-hybridized carbons (Fsp3) is 0.455. The number of carboxylic acid groups (broad SMARTS) is 1. The number of urea groups is 1. The van der Waals surface area contributed by atoms with E-state index in [0.717, 1.165) is 5.69 Å². The van der Waals surface area contributed by atoms with Gasteiger partial charge in [0.05, 0.1) is 12.5 Å². The molecule has 0 aliphatic carbocycles. The molecule has 5 N–H and O–H groups in total. The first kappa shape index (κ1) is 15.9. The molecule has 2 unspecified atom stereocenters. The van der Waals surface area contributed by atoms with Crippen LogP contribution in [-0.4, -0.2) is 34.0 Å². The van der Waals surface area contributed by atoms with Gasteiger partial charge in [-0.15, -0.1) is 11.3 Å². The highest BCUT2D eigenvalue weighted by molar-refractivity contribution is 7.09. The van der Waals surface area contributed by atoms with Crippen LogP contribution in [0.4, 0.5) is 4.79 Å². The molecule has 1 rings (SSSR count). The lowest BCUT2D eigenvalue weighted by molar-refractivity contribution is -0.140. The summed E-state index contributed by atoms with van der Waals surface area (Å²) in [5.74, 6) is -2.13. The van der Waals surface area contributed by atoms with E-state index in [-0.39, 0.29) is 6.04 Å². The number of primary amides is 1. The SMILES string of the molecule is Cc1csc(C(C)NC(=O)NC(CC(N)=O)C(=O)O)n1. The third-order valence-corrected chi connectivity index (χ3v) is 3.51. The lowest BCUT2D eigenvalue weighted by Crippen LogP contribution is -2.48. The summed E-state index contributed by atoms with van der Waals surface area (Å²) in [5.41, 5.74) is 5.76. The number of aromatic nitrogens is 1. The normalized spacial score (nSPS) is 13.3. The Hall–Kier alpha value is -2.16. The van der Waals surface area contributed by atoms with Crippen LogP contribution in [0.2, 0.25) is 0 Å². The summed E-state index contributed by atoms with van der Waals surface area (Å²) >= 11 is 1.39. The van der Waals surface area contributed by atoms with Gasteiger partial charge >= 0.3 is 12.0 Å². The third-order valence-electron chi connectivity index (χ3n) is 2.36. The van der Waals surface area contributed by atoms with Crippen molar-refractivity contribution in [2.45, 2.75) is 32.4 Å².